The van der Waals surface area contributed by atoms with E-state index in [4.69, 9.17) is 0 Å². The van der Waals surface area contributed by atoms with Gasteiger partial charge in [-0.25, -0.2) is 4.98 Å². The normalized spacial score (nSPS) is 17.9. The number of likely N-dealkylation sites (tertiary alicyclic amines) is 1. The second-order valence-electron chi connectivity index (χ2n) is 5.77. The van der Waals surface area contributed by atoms with Crippen molar-refractivity contribution >= 4 is 17.2 Å². The fourth-order valence-electron chi connectivity index (χ4n) is 2.81. The minimum absolute atomic E-state index is 0.0338. The van der Waals surface area contributed by atoms with Crippen LogP contribution in [-0.2, 0) is 6.42 Å². The first-order valence-corrected chi connectivity index (χ1v) is 8.47. The summed E-state index contributed by atoms with van der Waals surface area (Å²) in [4.78, 5) is 18.7. The van der Waals surface area contributed by atoms with E-state index in [0.717, 1.165) is 30.8 Å². The predicted molar refractivity (Wildman–Crippen MR) is 87.2 cm³/mol. The quantitative estimate of drug-likeness (QED) is 0.943. The van der Waals surface area contributed by atoms with Gasteiger partial charge < -0.3 is 10.0 Å². The van der Waals surface area contributed by atoms with Crippen LogP contribution in [0.3, 0.4) is 0 Å². The summed E-state index contributed by atoms with van der Waals surface area (Å²) in [6.07, 6.45) is 2.58. The Hall–Kier alpha value is -1.72. The molecule has 1 aromatic carbocycles. The second kappa shape index (κ2) is 6.58. The molecule has 0 spiro atoms. The largest absolute Gasteiger partial charge is 0.394 e. The van der Waals surface area contributed by atoms with Crippen molar-refractivity contribution < 1.29 is 9.90 Å². The van der Waals surface area contributed by atoms with Gasteiger partial charge in [0.15, 0.2) is 0 Å². The Bertz CT molecular complexity index is 651. The zero-order valence-electron chi connectivity index (χ0n) is 12.7. The highest BCUT2D eigenvalue weighted by Crippen LogP contribution is 2.22. The standard InChI is InChI=1S/C17H20N2O2S/c1-12-4-6-13(7-5-12)9-16-18-15(11-22-16)17(21)19-8-2-3-14(19)10-20/h4-7,11,14,20H,2-3,8-10H2,1H3/t14-/m1/s1. The Balaban J connectivity index is 1.70. The molecule has 0 radical (unpaired) electrons. The lowest BCUT2D eigenvalue weighted by molar-refractivity contribution is 0.0672. The van der Waals surface area contributed by atoms with Gasteiger partial charge in [0, 0.05) is 18.3 Å². The Morgan fingerprint density at radius 3 is 2.91 bits per heavy atom. The molecule has 5 heteroatoms. The van der Waals surface area contributed by atoms with Gasteiger partial charge in [-0.15, -0.1) is 11.3 Å². The maximum absolute atomic E-state index is 12.5. The first kappa shape index (κ1) is 15.2. The fraction of sp³-hybridized carbons (Fsp3) is 0.412. The van der Waals surface area contributed by atoms with E-state index in [-0.39, 0.29) is 18.6 Å². The molecule has 1 amide bonds. The van der Waals surface area contributed by atoms with Gasteiger partial charge in [0.05, 0.1) is 17.7 Å². The SMILES string of the molecule is Cc1ccc(Cc2nc(C(=O)N3CCC[C@@H]3CO)cs2)cc1. The van der Waals surface area contributed by atoms with Gasteiger partial charge in [-0.2, -0.15) is 0 Å². The van der Waals surface area contributed by atoms with E-state index < -0.39 is 0 Å². The number of aliphatic hydroxyl groups excluding tert-OH is 1. The number of aliphatic hydroxyl groups is 1. The van der Waals surface area contributed by atoms with Crippen molar-refractivity contribution in [3.8, 4) is 0 Å². The number of amides is 1. The number of thiazole rings is 1. The fourth-order valence-corrected chi connectivity index (χ4v) is 3.61. The zero-order chi connectivity index (χ0) is 15.5. The van der Waals surface area contributed by atoms with Crippen molar-refractivity contribution in [1.29, 1.82) is 0 Å². The molecule has 0 saturated carbocycles. The zero-order valence-corrected chi connectivity index (χ0v) is 13.5. The molecule has 0 bridgehead atoms. The highest BCUT2D eigenvalue weighted by atomic mass is 32.1. The molecule has 1 aromatic heterocycles. The van der Waals surface area contributed by atoms with E-state index in [1.165, 1.54) is 22.5 Å². The Kier molecular flexibility index (Phi) is 4.55. The lowest BCUT2D eigenvalue weighted by atomic mass is 10.1. The Morgan fingerprint density at radius 2 is 2.18 bits per heavy atom. The maximum atomic E-state index is 12.5. The molecule has 1 aliphatic heterocycles. The molecule has 22 heavy (non-hydrogen) atoms. The van der Waals surface area contributed by atoms with Gasteiger partial charge in [-0.05, 0) is 25.3 Å². The summed E-state index contributed by atoms with van der Waals surface area (Å²) in [5.41, 5.74) is 2.95. The molecule has 0 unspecified atom stereocenters. The third-order valence-corrected chi connectivity index (χ3v) is 4.94. The lowest BCUT2D eigenvalue weighted by Crippen LogP contribution is -2.37. The number of hydrogen-bond acceptors (Lipinski definition) is 4. The molecule has 116 valence electrons. The van der Waals surface area contributed by atoms with Gasteiger partial charge in [0.25, 0.3) is 5.91 Å². The van der Waals surface area contributed by atoms with Crippen LogP contribution in [-0.4, -0.2) is 40.1 Å². The molecular formula is C17H20N2O2S. The van der Waals surface area contributed by atoms with Gasteiger partial charge in [-0.1, -0.05) is 29.8 Å². The number of carbonyl (C=O) groups is 1. The first-order chi connectivity index (χ1) is 10.7. The van der Waals surface area contributed by atoms with Crippen LogP contribution in [0, 0.1) is 6.92 Å². The minimum Gasteiger partial charge on any atom is -0.394 e. The number of aryl methyl sites for hydroxylation is 1. The van der Waals surface area contributed by atoms with Crippen LogP contribution >= 0.6 is 11.3 Å². The molecule has 1 fully saturated rings. The lowest BCUT2D eigenvalue weighted by Gasteiger charge is -2.21. The predicted octanol–water partition coefficient (Wildman–Crippen LogP) is 2.64. The molecule has 1 aliphatic rings. The highest BCUT2D eigenvalue weighted by molar-refractivity contribution is 7.09. The number of rotatable bonds is 4. The molecule has 4 nitrogen and oxygen atoms in total. The van der Waals surface area contributed by atoms with Gasteiger partial charge in [-0.3, -0.25) is 4.79 Å². The summed E-state index contributed by atoms with van der Waals surface area (Å²) >= 11 is 1.52. The summed E-state index contributed by atoms with van der Waals surface area (Å²) in [6.45, 7) is 2.82. The van der Waals surface area contributed by atoms with Crippen LogP contribution in [0.5, 0.6) is 0 Å². The molecule has 2 aromatic rings. The van der Waals surface area contributed by atoms with Crippen molar-refractivity contribution in [2.45, 2.75) is 32.2 Å². The molecule has 1 saturated heterocycles. The van der Waals surface area contributed by atoms with E-state index in [9.17, 15) is 9.90 Å². The topological polar surface area (TPSA) is 53.4 Å². The molecule has 2 heterocycles. The Labute approximate surface area is 134 Å². The van der Waals surface area contributed by atoms with Crippen LogP contribution in [0.25, 0.3) is 0 Å². The van der Waals surface area contributed by atoms with E-state index in [0.29, 0.717) is 5.69 Å². The van der Waals surface area contributed by atoms with Crippen molar-refractivity contribution in [2.75, 3.05) is 13.2 Å². The van der Waals surface area contributed by atoms with Gasteiger partial charge >= 0.3 is 0 Å². The second-order valence-corrected chi connectivity index (χ2v) is 6.71. The molecular weight excluding hydrogens is 296 g/mol. The van der Waals surface area contributed by atoms with Gasteiger partial charge in [0.1, 0.15) is 5.69 Å². The Morgan fingerprint density at radius 1 is 1.41 bits per heavy atom. The average Bonchev–Trinajstić information content (AvgIpc) is 3.17. The average molecular weight is 316 g/mol. The monoisotopic (exact) mass is 316 g/mol. The van der Waals surface area contributed by atoms with Crippen molar-refractivity contribution in [1.82, 2.24) is 9.88 Å². The third-order valence-electron chi connectivity index (χ3n) is 4.10. The van der Waals surface area contributed by atoms with Crippen LogP contribution in [0.2, 0.25) is 0 Å². The number of benzene rings is 1. The van der Waals surface area contributed by atoms with Crippen LogP contribution in [0.4, 0.5) is 0 Å². The number of carbonyl (C=O) groups excluding carboxylic acids is 1. The summed E-state index contributed by atoms with van der Waals surface area (Å²) in [7, 11) is 0. The third kappa shape index (κ3) is 3.20. The van der Waals surface area contributed by atoms with Gasteiger partial charge in [0.2, 0.25) is 0 Å². The van der Waals surface area contributed by atoms with Crippen LogP contribution in [0.15, 0.2) is 29.6 Å². The maximum Gasteiger partial charge on any atom is 0.273 e. The van der Waals surface area contributed by atoms with Crippen molar-refractivity contribution in [3.05, 3.63) is 51.5 Å². The molecule has 3 rings (SSSR count). The van der Waals surface area contributed by atoms with Crippen LogP contribution < -0.4 is 0 Å². The van der Waals surface area contributed by atoms with Crippen LogP contribution in [0.1, 0.15) is 39.5 Å². The number of nitrogens with zero attached hydrogens (tertiary/aromatic N) is 2. The number of aromatic nitrogens is 1. The summed E-state index contributed by atoms with van der Waals surface area (Å²) in [5.74, 6) is -0.0528. The summed E-state index contributed by atoms with van der Waals surface area (Å²) in [5, 5.41) is 12.1. The number of hydrogen-bond donors (Lipinski definition) is 1. The minimum atomic E-state index is -0.0528. The first-order valence-electron chi connectivity index (χ1n) is 7.59. The smallest absolute Gasteiger partial charge is 0.273 e. The molecule has 1 atom stereocenters. The van der Waals surface area contributed by atoms with E-state index >= 15 is 0 Å². The molecule has 0 aliphatic carbocycles. The summed E-state index contributed by atoms with van der Waals surface area (Å²) in [6, 6.07) is 8.33. The van der Waals surface area contributed by atoms with Crippen molar-refractivity contribution in [3.63, 3.8) is 0 Å². The highest BCUT2D eigenvalue weighted by Gasteiger charge is 2.29. The van der Waals surface area contributed by atoms with E-state index in [1.54, 1.807) is 4.90 Å². The molecule has 1 N–H and O–H groups in total. The summed E-state index contributed by atoms with van der Waals surface area (Å²) < 4.78 is 0. The van der Waals surface area contributed by atoms with E-state index in [1.807, 2.05) is 5.38 Å². The van der Waals surface area contributed by atoms with E-state index in [2.05, 4.69) is 36.2 Å². The van der Waals surface area contributed by atoms with Crippen molar-refractivity contribution in [2.24, 2.45) is 0 Å².